The molecule has 0 heterocycles. The average Bonchev–Trinajstić information content (AvgIpc) is 2.53. The van der Waals surface area contributed by atoms with E-state index in [1.807, 2.05) is 39.0 Å². The molecule has 0 aliphatic heterocycles. The van der Waals surface area contributed by atoms with Crippen LogP contribution in [0, 0.1) is 5.41 Å². The largest absolute Gasteiger partial charge is 0.387 e. The minimum atomic E-state index is -3.63. The van der Waals surface area contributed by atoms with Crippen LogP contribution in [0.4, 0.5) is 0 Å². The van der Waals surface area contributed by atoms with Gasteiger partial charge in [-0.05, 0) is 29.5 Å². The molecular formula is C19H24O3S. The molecule has 0 aromatic heterocycles. The number of hydrogen-bond donors (Lipinski definition) is 1. The fourth-order valence-corrected chi connectivity index (χ4v) is 4.75. The predicted molar refractivity (Wildman–Crippen MR) is 92.9 cm³/mol. The summed E-state index contributed by atoms with van der Waals surface area (Å²) in [7, 11) is -3.63. The predicted octanol–water partition coefficient (Wildman–Crippen LogP) is 4.00. The van der Waals surface area contributed by atoms with Crippen LogP contribution >= 0.6 is 0 Å². The number of rotatable bonds is 5. The molecule has 0 aliphatic carbocycles. The molecule has 0 unspecified atom stereocenters. The number of benzene rings is 2. The molecule has 2 aromatic rings. The van der Waals surface area contributed by atoms with E-state index in [-0.39, 0.29) is 10.3 Å². The second kappa shape index (κ2) is 6.85. The summed E-state index contributed by atoms with van der Waals surface area (Å²) in [5.74, 6) is 0. The topological polar surface area (TPSA) is 54.4 Å². The Kier molecular flexibility index (Phi) is 5.27. The van der Waals surface area contributed by atoms with Crippen LogP contribution in [0.3, 0.4) is 0 Å². The first-order valence-corrected chi connectivity index (χ1v) is 9.28. The van der Waals surface area contributed by atoms with Crippen molar-refractivity contribution in [2.45, 2.75) is 43.4 Å². The minimum absolute atomic E-state index is 0.220. The van der Waals surface area contributed by atoms with Gasteiger partial charge in [0.15, 0.2) is 9.84 Å². The maximum atomic E-state index is 13.1. The van der Waals surface area contributed by atoms with E-state index in [2.05, 4.69) is 0 Å². The molecule has 4 heteroatoms. The third-order valence-corrected chi connectivity index (χ3v) is 5.93. The number of aliphatic hydroxyl groups excluding tert-OH is 1. The van der Waals surface area contributed by atoms with Crippen LogP contribution < -0.4 is 0 Å². The maximum Gasteiger partial charge on any atom is 0.184 e. The highest BCUT2D eigenvalue weighted by Gasteiger charge is 2.37. The standard InChI is InChI=1S/C19H24O3S/c1-19(2,3)14-17(18(20)15-10-6-4-7-11-15)23(21,22)16-12-8-5-9-13-16/h4-13,17-18,20H,14H2,1-3H3/t17-,18+/m0/s1. The highest BCUT2D eigenvalue weighted by atomic mass is 32.2. The van der Waals surface area contributed by atoms with Gasteiger partial charge in [-0.3, -0.25) is 0 Å². The van der Waals surface area contributed by atoms with Crippen LogP contribution in [0.5, 0.6) is 0 Å². The van der Waals surface area contributed by atoms with Gasteiger partial charge in [0.1, 0.15) is 0 Å². The molecular weight excluding hydrogens is 308 g/mol. The number of hydrogen-bond acceptors (Lipinski definition) is 3. The smallest absolute Gasteiger partial charge is 0.184 e. The second-order valence-corrected chi connectivity index (χ2v) is 9.18. The molecule has 2 rings (SSSR count). The summed E-state index contributed by atoms with van der Waals surface area (Å²) in [6, 6.07) is 17.4. The van der Waals surface area contributed by atoms with Gasteiger partial charge in [-0.15, -0.1) is 0 Å². The Morgan fingerprint density at radius 3 is 1.87 bits per heavy atom. The maximum absolute atomic E-state index is 13.1. The summed E-state index contributed by atoms with van der Waals surface area (Å²) in [5, 5.41) is 9.88. The zero-order valence-corrected chi connectivity index (χ0v) is 14.6. The lowest BCUT2D eigenvalue weighted by Gasteiger charge is -2.29. The van der Waals surface area contributed by atoms with Gasteiger partial charge in [0.05, 0.1) is 16.2 Å². The van der Waals surface area contributed by atoms with E-state index in [1.54, 1.807) is 42.5 Å². The highest BCUT2D eigenvalue weighted by molar-refractivity contribution is 7.92. The minimum Gasteiger partial charge on any atom is -0.387 e. The Hall–Kier alpha value is -1.65. The zero-order valence-electron chi connectivity index (χ0n) is 13.8. The van der Waals surface area contributed by atoms with E-state index in [1.165, 1.54) is 0 Å². The van der Waals surface area contributed by atoms with E-state index in [0.29, 0.717) is 12.0 Å². The molecule has 0 fully saturated rings. The Bertz CT molecular complexity index is 716. The second-order valence-electron chi connectivity index (χ2n) is 7.02. The van der Waals surface area contributed by atoms with Crippen molar-refractivity contribution in [2.24, 2.45) is 5.41 Å². The van der Waals surface area contributed by atoms with Crippen LogP contribution in [0.15, 0.2) is 65.6 Å². The quantitative estimate of drug-likeness (QED) is 0.900. The first-order valence-electron chi connectivity index (χ1n) is 7.74. The van der Waals surface area contributed by atoms with Gasteiger partial charge in [-0.1, -0.05) is 69.3 Å². The molecule has 0 amide bonds. The molecule has 0 bridgehead atoms. The third kappa shape index (κ3) is 4.43. The first kappa shape index (κ1) is 17.7. The monoisotopic (exact) mass is 332 g/mol. The summed E-state index contributed by atoms with van der Waals surface area (Å²) in [4.78, 5) is 0.254. The van der Waals surface area contributed by atoms with Gasteiger partial charge in [0.25, 0.3) is 0 Å². The fraction of sp³-hybridized carbons (Fsp3) is 0.368. The summed E-state index contributed by atoms with van der Waals surface area (Å²) in [5.41, 5.74) is 0.406. The molecule has 0 radical (unpaired) electrons. The molecule has 0 saturated carbocycles. The van der Waals surface area contributed by atoms with Crippen molar-refractivity contribution in [3.8, 4) is 0 Å². The van der Waals surface area contributed by atoms with Gasteiger partial charge in [0.2, 0.25) is 0 Å². The zero-order chi connectivity index (χ0) is 17.1. The molecule has 3 nitrogen and oxygen atoms in total. The molecule has 2 aromatic carbocycles. The van der Waals surface area contributed by atoms with E-state index in [4.69, 9.17) is 0 Å². The average molecular weight is 332 g/mol. The van der Waals surface area contributed by atoms with Crippen molar-refractivity contribution in [2.75, 3.05) is 0 Å². The van der Waals surface area contributed by atoms with Crippen molar-refractivity contribution < 1.29 is 13.5 Å². The third-order valence-electron chi connectivity index (χ3n) is 3.78. The SMILES string of the molecule is CC(C)(C)C[C@@H]([C@H](O)c1ccccc1)S(=O)(=O)c1ccccc1. The Morgan fingerprint density at radius 2 is 1.39 bits per heavy atom. The van der Waals surface area contributed by atoms with Gasteiger partial charge < -0.3 is 5.11 Å². The van der Waals surface area contributed by atoms with E-state index < -0.39 is 21.2 Å². The van der Waals surface area contributed by atoms with Gasteiger partial charge >= 0.3 is 0 Å². The van der Waals surface area contributed by atoms with E-state index in [0.717, 1.165) is 0 Å². The van der Waals surface area contributed by atoms with Crippen molar-refractivity contribution in [1.82, 2.24) is 0 Å². The van der Waals surface area contributed by atoms with Crippen LogP contribution in [-0.2, 0) is 9.84 Å². The molecule has 0 aliphatic rings. The van der Waals surface area contributed by atoms with Gasteiger partial charge in [0, 0.05) is 0 Å². The van der Waals surface area contributed by atoms with Crippen molar-refractivity contribution in [1.29, 1.82) is 0 Å². The Balaban J connectivity index is 2.46. The fourth-order valence-electron chi connectivity index (χ4n) is 2.64. The summed E-state index contributed by atoms with van der Waals surface area (Å²) in [6.45, 7) is 5.95. The molecule has 0 spiro atoms. The normalized spacial score (nSPS) is 15.1. The van der Waals surface area contributed by atoms with E-state index >= 15 is 0 Å². The van der Waals surface area contributed by atoms with Crippen LogP contribution in [0.1, 0.15) is 38.9 Å². The Morgan fingerprint density at radius 1 is 0.913 bits per heavy atom. The lowest BCUT2D eigenvalue weighted by molar-refractivity contribution is 0.150. The molecule has 23 heavy (non-hydrogen) atoms. The van der Waals surface area contributed by atoms with Crippen molar-refractivity contribution >= 4 is 9.84 Å². The van der Waals surface area contributed by atoms with Crippen LogP contribution in [-0.4, -0.2) is 18.8 Å². The Labute approximate surface area is 138 Å². The first-order chi connectivity index (χ1) is 10.7. The highest BCUT2D eigenvalue weighted by Crippen LogP contribution is 2.35. The van der Waals surface area contributed by atoms with Crippen LogP contribution in [0.25, 0.3) is 0 Å². The summed E-state index contributed by atoms with van der Waals surface area (Å²) >= 11 is 0. The number of sulfone groups is 1. The molecule has 2 atom stereocenters. The molecule has 124 valence electrons. The summed E-state index contributed by atoms with van der Waals surface area (Å²) in [6.07, 6.45) is -0.680. The summed E-state index contributed by atoms with van der Waals surface area (Å²) < 4.78 is 26.1. The number of aliphatic hydroxyl groups is 1. The molecule has 1 N–H and O–H groups in total. The van der Waals surface area contributed by atoms with Crippen molar-refractivity contribution in [3.63, 3.8) is 0 Å². The lowest BCUT2D eigenvalue weighted by atomic mass is 9.87. The van der Waals surface area contributed by atoms with Gasteiger partial charge in [-0.2, -0.15) is 0 Å². The molecule has 0 saturated heterocycles. The van der Waals surface area contributed by atoms with E-state index in [9.17, 15) is 13.5 Å². The van der Waals surface area contributed by atoms with Crippen LogP contribution in [0.2, 0.25) is 0 Å². The van der Waals surface area contributed by atoms with Crippen molar-refractivity contribution in [3.05, 3.63) is 66.2 Å². The van der Waals surface area contributed by atoms with Gasteiger partial charge in [-0.25, -0.2) is 8.42 Å². The lowest BCUT2D eigenvalue weighted by Crippen LogP contribution is -2.32.